The normalized spacial score (nSPS) is 21.2. The van der Waals surface area contributed by atoms with Crippen LogP contribution in [-0.2, 0) is 23.1 Å². The van der Waals surface area contributed by atoms with Gasteiger partial charge in [0.25, 0.3) is 16.0 Å². The van der Waals surface area contributed by atoms with Crippen molar-refractivity contribution in [3.63, 3.8) is 0 Å². The largest absolute Gasteiger partial charge is 0.393 e. The number of benzene rings is 1. The molecular formula is C24H35N5O6S. The van der Waals surface area contributed by atoms with Crippen LogP contribution in [0.3, 0.4) is 0 Å². The number of primary amides is 1. The van der Waals surface area contributed by atoms with Crippen LogP contribution in [0.1, 0.15) is 78.1 Å². The Morgan fingerprint density at radius 1 is 1.22 bits per heavy atom. The number of anilines is 1. The maximum Gasteiger partial charge on any atom is 0.261 e. The van der Waals surface area contributed by atoms with E-state index in [9.17, 15) is 23.1 Å². The molecule has 1 aromatic carbocycles. The number of Topliss-reactive ketones (excluding diaryl/α,β-unsaturated/α-hetero) is 1. The number of ketones is 1. The zero-order valence-electron chi connectivity index (χ0n) is 20.8. The molecular weight excluding hydrogens is 486 g/mol. The second-order valence-electron chi connectivity index (χ2n) is 10.3. The molecule has 36 heavy (non-hydrogen) atoms. The van der Waals surface area contributed by atoms with Gasteiger partial charge in [-0.2, -0.15) is 13.5 Å². The van der Waals surface area contributed by atoms with Crippen molar-refractivity contribution in [2.45, 2.75) is 71.1 Å². The maximum absolute atomic E-state index is 12.8. The highest BCUT2D eigenvalue weighted by Crippen LogP contribution is 2.37. The van der Waals surface area contributed by atoms with E-state index < -0.39 is 16.0 Å². The lowest BCUT2D eigenvalue weighted by molar-refractivity contribution is 0.0909. The number of nitrogens with zero attached hydrogens (tertiary/aromatic N) is 2. The third-order valence-electron chi connectivity index (χ3n) is 6.38. The molecule has 1 heterocycles. The predicted octanol–water partition coefficient (Wildman–Crippen LogP) is 1.80. The number of fused-ring (bicyclic) bond motifs is 1. The van der Waals surface area contributed by atoms with Crippen molar-refractivity contribution in [3.8, 4) is 5.69 Å². The lowest BCUT2D eigenvalue weighted by Crippen LogP contribution is -2.29. The number of aliphatic hydroxyl groups is 1. The van der Waals surface area contributed by atoms with Gasteiger partial charge in [0.15, 0.2) is 5.78 Å². The number of rotatable bonds is 5. The molecule has 2 aliphatic carbocycles. The first kappa shape index (κ1) is 27.8. The topological polar surface area (TPSA) is 191 Å². The zero-order chi connectivity index (χ0) is 26.8. The number of nitrogens with two attached hydrogens (primary N) is 2. The first-order valence-electron chi connectivity index (χ1n) is 11.8. The third kappa shape index (κ3) is 6.90. The summed E-state index contributed by atoms with van der Waals surface area (Å²) >= 11 is 0. The summed E-state index contributed by atoms with van der Waals surface area (Å²) in [6.45, 7) is 4.35. The molecule has 1 saturated carbocycles. The highest BCUT2D eigenvalue weighted by Gasteiger charge is 2.36. The lowest BCUT2D eigenvalue weighted by atomic mass is 9.75. The van der Waals surface area contributed by atoms with Gasteiger partial charge in [-0.15, -0.1) is 0 Å². The van der Waals surface area contributed by atoms with E-state index >= 15 is 0 Å². The van der Waals surface area contributed by atoms with Crippen LogP contribution in [0.5, 0.6) is 0 Å². The molecule has 2 aromatic rings. The minimum atomic E-state index is -3.67. The highest BCUT2D eigenvalue weighted by atomic mass is 32.2. The van der Waals surface area contributed by atoms with Gasteiger partial charge in [-0.3, -0.25) is 14.1 Å². The van der Waals surface area contributed by atoms with Gasteiger partial charge in [0.2, 0.25) is 0 Å². The first-order chi connectivity index (χ1) is 16.7. The van der Waals surface area contributed by atoms with Crippen LogP contribution in [0.4, 0.5) is 5.69 Å². The zero-order valence-corrected chi connectivity index (χ0v) is 21.6. The van der Waals surface area contributed by atoms with Crippen molar-refractivity contribution in [1.82, 2.24) is 9.78 Å². The maximum atomic E-state index is 12.8. The van der Waals surface area contributed by atoms with Crippen molar-refractivity contribution < 1.29 is 27.7 Å². The molecule has 0 aliphatic heterocycles. The Morgan fingerprint density at radius 2 is 1.83 bits per heavy atom. The number of aromatic nitrogens is 2. The van der Waals surface area contributed by atoms with Gasteiger partial charge < -0.3 is 21.9 Å². The summed E-state index contributed by atoms with van der Waals surface area (Å²) in [6.07, 6.45) is 4.74. The smallest absolute Gasteiger partial charge is 0.261 e. The number of aliphatic hydroxyl groups excluding tert-OH is 1. The molecule has 198 valence electrons. The van der Waals surface area contributed by atoms with Crippen molar-refractivity contribution in [3.05, 3.63) is 40.7 Å². The fourth-order valence-corrected chi connectivity index (χ4v) is 4.82. The second kappa shape index (κ2) is 10.7. The molecule has 0 unspecified atom stereocenters. The van der Waals surface area contributed by atoms with Crippen molar-refractivity contribution in [2.24, 2.45) is 16.9 Å². The summed E-state index contributed by atoms with van der Waals surface area (Å²) in [5.41, 5.74) is 15.3. The number of carbonyl (C=O) groups excluding carboxylic acids is 2. The van der Waals surface area contributed by atoms with Crippen LogP contribution in [0.2, 0.25) is 0 Å². The van der Waals surface area contributed by atoms with Gasteiger partial charge in [0.1, 0.15) is 0 Å². The summed E-state index contributed by atoms with van der Waals surface area (Å²) < 4.78 is 27.7. The Labute approximate surface area is 211 Å². The van der Waals surface area contributed by atoms with E-state index in [1.807, 2.05) is 6.07 Å². The Bertz CT molecular complexity index is 1240. The average Bonchev–Trinajstić information content (AvgIpc) is 3.11. The number of hydrogen-bond donors (Lipinski definition) is 5. The molecule has 7 N–H and O–H groups in total. The quantitative estimate of drug-likeness (QED) is 0.365. The lowest BCUT2D eigenvalue weighted by Gasteiger charge is -2.29. The van der Waals surface area contributed by atoms with Crippen LogP contribution in [0.15, 0.2) is 18.2 Å². The van der Waals surface area contributed by atoms with Gasteiger partial charge in [-0.1, -0.05) is 13.8 Å². The van der Waals surface area contributed by atoms with Gasteiger partial charge in [-0.25, -0.2) is 4.68 Å². The van der Waals surface area contributed by atoms with Crippen molar-refractivity contribution in [2.75, 3.05) is 11.6 Å². The standard InChI is InChI=1S/C23H31N5O3.CH4O3S/c1-23(2)10-19-21(20(30)11-23)18(12-24)27-28(19)14-5-8-16(22(25)31)17(9-14)26-13-3-6-15(29)7-4-13;1-5(2,3)4/h5,8-9,13,15,26,29H,3-4,6-7,10-12,24H2,1-2H3,(H2,25,31);1H3,(H,2,3,4). The van der Waals surface area contributed by atoms with Crippen LogP contribution in [0.25, 0.3) is 5.69 Å². The molecule has 0 atom stereocenters. The average molecular weight is 522 g/mol. The molecule has 1 amide bonds. The summed E-state index contributed by atoms with van der Waals surface area (Å²) in [7, 11) is -3.67. The molecule has 1 fully saturated rings. The van der Waals surface area contributed by atoms with E-state index in [4.69, 9.17) is 16.0 Å². The molecule has 0 radical (unpaired) electrons. The minimum absolute atomic E-state index is 0.0748. The van der Waals surface area contributed by atoms with Gasteiger partial charge >= 0.3 is 0 Å². The monoisotopic (exact) mass is 521 g/mol. The van der Waals surface area contributed by atoms with Crippen LogP contribution in [0, 0.1) is 5.41 Å². The number of amides is 1. The third-order valence-corrected chi connectivity index (χ3v) is 6.38. The van der Waals surface area contributed by atoms with Crippen LogP contribution >= 0.6 is 0 Å². The second-order valence-corrected chi connectivity index (χ2v) is 11.8. The van der Waals surface area contributed by atoms with Crippen molar-refractivity contribution in [1.29, 1.82) is 0 Å². The predicted molar refractivity (Wildman–Crippen MR) is 136 cm³/mol. The molecule has 0 bridgehead atoms. The Kier molecular flexibility index (Phi) is 8.23. The van der Waals surface area contributed by atoms with E-state index in [1.54, 1.807) is 16.8 Å². The van der Waals surface area contributed by atoms with Gasteiger partial charge in [0.05, 0.1) is 40.6 Å². The van der Waals surface area contributed by atoms with Crippen molar-refractivity contribution >= 4 is 27.5 Å². The number of hydrogen-bond acceptors (Lipinski definition) is 8. The molecule has 12 heteroatoms. The number of carbonyl (C=O) groups is 2. The van der Waals surface area contributed by atoms with E-state index in [1.165, 1.54) is 0 Å². The van der Waals surface area contributed by atoms with E-state index in [-0.39, 0.29) is 29.9 Å². The van der Waals surface area contributed by atoms with Crippen LogP contribution < -0.4 is 16.8 Å². The molecule has 0 spiro atoms. The highest BCUT2D eigenvalue weighted by molar-refractivity contribution is 7.85. The first-order valence-corrected chi connectivity index (χ1v) is 13.7. The molecule has 11 nitrogen and oxygen atoms in total. The van der Waals surface area contributed by atoms with E-state index in [0.717, 1.165) is 37.1 Å². The SMILES string of the molecule is CC1(C)CC(=O)c2c(CN)nn(-c3ccc(C(N)=O)c(NC4CCC(O)CC4)c3)c2C1.CS(=O)(=O)O. The molecule has 1 aromatic heterocycles. The van der Waals surface area contributed by atoms with Crippen LogP contribution in [-0.4, -0.2) is 57.9 Å². The molecule has 2 aliphatic rings. The fraction of sp³-hybridized carbons (Fsp3) is 0.542. The Balaban J connectivity index is 0.000000658. The van der Waals surface area contributed by atoms with E-state index in [2.05, 4.69) is 24.3 Å². The Morgan fingerprint density at radius 3 is 2.39 bits per heavy atom. The summed E-state index contributed by atoms with van der Waals surface area (Å²) in [6, 6.07) is 5.52. The van der Waals surface area contributed by atoms with E-state index in [0.29, 0.717) is 41.6 Å². The van der Waals surface area contributed by atoms with Gasteiger partial charge in [-0.05, 0) is 55.7 Å². The fourth-order valence-electron chi connectivity index (χ4n) is 4.82. The number of nitrogens with one attached hydrogen (secondary N) is 1. The summed E-state index contributed by atoms with van der Waals surface area (Å²) in [5, 5.41) is 17.9. The summed E-state index contributed by atoms with van der Waals surface area (Å²) in [4.78, 5) is 24.9. The molecule has 4 rings (SSSR count). The van der Waals surface area contributed by atoms with Gasteiger partial charge in [0, 0.05) is 24.7 Å². The minimum Gasteiger partial charge on any atom is -0.393 e. The summed E-state index contributed by atoms with van der Waals surface area (Å²) in [5.74, 6) is -0.433. The molecule has 0 saturated heterocycles. The Hall–Kier alpha value is -2.80.